The van der Waals surface area contributed by atoms with Crippen molar-refractivity contribution in [2.24, 2.45) is 4.99 Å². The molecule has 30 heavy (non-hydrogen) atoms. The Hall–Kier alpha value is -2.04. The predicted molar refractivity (Wildman–Crippen MR) is 111 cm³/mol. The molecule has 0 radical (unpaired) electrons. The average Bonchev–Trinajstić information content (AvgIpc) is 3.13. The van der Waals surface area contributed by atoms with Crippen LogP contribution in [0.3, 0.4) is 0 Å². The molecule has 0 bridgehead atoms. The summed E-state index contributed by atoms with van der Waals surface area (Å²) in [5.74, 6) is -0.974. The highest BCUT2D eigenvalue weighted by Gasteiger charge is 2.50. The SMILES string of the molecule is O=C(N=C1S[C@@H]2CS(=O)(=O)C[C@H]2N1c1cc(C(F)(F)F)ccc1Cl)c1ccccc1. The molecule has 0 N–H and O–H groups in total. The first-order valence-electron chi connectivity index (χ1n) is 8.76. The third-order valence-electron chi connectivity index (χ3n) is 4.82. The van der Waals surface area contributed by atoms with Gasteiger partial charge in [0, 0.05) is 10.8 Å². The smallest absolute Gasteiger partial charge is 0.314 e. The number of amidine groups is 1. The van der Waals surface area contributed by atoms with Crippen molar-refractivity contribution in [3.63, 3.8) is 0 Å². The standard InChI is InChI=1S/C19H14ClF3N2O3S2/c20-13-7-6-12(19(21,22)23)8-14(13)25-15-9-30(27,28)10-16(15)29-18(25)24-17(26)11-4-2-1-3-5-11/h1-8,15-16H,9-10H2/t15-,16-/m1/s1. The van der Waals surface area contributed by atoms with Gasteiger partial charge in [0.25, 0.3) is 5.91 Å². The lowest BCUT2D eigenvalue weighted by Gasteiger charge is -2.26. The first kappa shape index (κ1) is 21.2. The summed E-state index contributed by atoms with van der Waals surface area (Å²) < 4.78 is 64.0. The molecule has 158 valence electrons. The van der Waals surface area contributed by atoms with Gasteiger partial charge in [-0.2, -0.15) is 18.2 Å². The van der Waals surface area contributed by atoms with E-state index in [4.69, 9.17) is 11.6 Å². The maximum absolute atomic E-state index is 13.3. The molecule has 0 unspecified atom stereocenters. The Bertz CT molecular complexity index is 1140. The van der Waals surface area contributed by atoms with Crippen molar-refractivity contribution in [3.8, 4) is 0 Å². The Balaban J connectivity index is 1.80. The summed E-state index contributed by atoms with van der Waals surface area (Å²) in [4.78, 5) is 18.0. The molecular weight excluding hydrogens is 461 g/mol. The second kappa shape index (κ2) is 7.58. The molecular formula is C19H14ClF3N2O3S2. The molecule has 2 saturated heterocycles. The third-order valence-corrected chi connectivity index (χ3v) is 8.35. The zero-order valence-corrected chi connectivity index (χ0v) is 17.5. The first-order valence-corrected chi connectivity index (χ1v) is 11.8. The number of hydrogen-bond acceptors (Lipinski definition) is 4. The van der Waals surface area contributed by atoms with Crippen molar-refractivity contribution in [2.45, 2.75) is 17.5 Å². The maximum atomic E-state index is 13.3. The van der Waals surface area contributed by atoms with E-state index in [1.165, 1.54) is 4.90 Å². The van der Waals surface area contributed by atoms with E-state index in [1.807, 2.05) is 0 Å². The van der Waals surface area contributed by atoms with Gasteiger partial charge in [-0.15, -0.1) is 0 Å². The number of halogens is 4. The molecule has 11 heteroatoms. The van der Waals surface area contributed by atoms with Gasteiger partial charge in [0.1, 0.15) is 0 Å². The van der Waals surface area contributed by atoms with Gasteiger partial charge in [0.15, 0.2) is 15.0 Å². The molecule has 0 saturated carbocycles. The van der Waals surface area contributed by atoms with E-state index in [-0.39, 0.29) is 27.4 Å². The number of benzene rings is 2. The van der Waals surface area contributed by atoms with Gasteiger partial charge in [-0.05, 0) is 30.3 Å². The minimum atomic E-state index is -4.61. The molecule has 1 amide bonds. The number of sulfone groups is 1. The molecule has 2 aromatic carbocycles. The molecule has 2 aromatic rings. The predicted octanol–water partition coefficient (Wildman–Crippen LogP) is 4.27. The number of rotatable bonds is 2. The van der Waals surface area contributed by atoms with Crippen LogP contribution in [0.2, 0.25) is 5.02 Å². The molecule has 0 aliphatic carbocycles. The monoisotopic (exact) mass is 474 g/mol. The molecule has 2 aliphatic rings. The highest BCUT2D eigenvalue weighted by atomic mass is 35.5. The van der Waals surface area contributed by atoms with Crippen LogP contribution < -0.4 is 4.90 Å². The molecule has 0 aromatic heterocycles. The van der Waals surface area contributed by atoms with Gasteiger partial charge in [-0.3, -0.25) is 4.79 Å². The van der Waals surface area contributed by atoms with Crippen LogP contribution in [0.15, 0.2) is 53.5 Å². The summed E-state index contributed by atoms with van der Waals surface area (Å²) >= 11 is 7.27. The maximum Gasteiger partial charge on any atom is 0.416 e. The topological polar surface area (TPSA) is 66.8 Å². The number of amides is 1. The molecule has 2 fully saturated rings. The van der Waals surface area contributed by atoms with Crippen molar-refractivity contribution in [2.75, 3.05) is 16.4 Å². The van der Waals surface area contributed by atoms with E-state index in [2.05, 4.69) is 4.99 Å². The number of aliphatic imine (C=N–C) groups is 1. The minimum Gasteiger partial charge on any atom is -0.314 e. The molecule has 0 spiro atoms. The van der Waals surface area contributed by atoms with E-state index in [1.54, 1.807) is 30.3 Å². The molecule has 5 nitrogen and oxygen atoms in total. The molecule has 4 rings (SSSR count). The van der Waals surface area contributed by atoms with E-state index in [0.29, 0.717) is 5.56 Å². The van der Waals surface area contributed by atoms with Crippen LogP contribution >= 0.6 is 23.4 Å². The van der Waals surface area contributed by atoms with Crippen molar-refractivity contribution >= 4 is 50.0 Å². The highest BCUT2D eigenvalue weighted by molar-refractivity contribution is 8.16. The second-order valence-corrected chi connectivity index (χ2v) is 10.7. The Morgan fingerprint density at radius 1 is 1.13 bits per heavy atom. The minimum absolute atomic E-state index is 0.00779. The lowest BCUT2D eigenvalue weighted by atomic mass is 10.1. The van der Waals surface area contributed by atoms with Crippen LogP contribution in [0.5, 0.6) is 0 Å². The Labute approximate surface area is 179 Å². The van der Waals surface area contributed by atoms with Crippen LogP contribution in [-0.4, -0.2) is 42.3 Å². The van der Waals surface area contributed by atoms with Crippen molar-refractivity contribution in [3.05, 3.63) is 64.7 Å². The van der Waals surface area contributed by atoms with E-state index < -0.39 is 38.8 Å². The lowest BCUT2D eigenvalue weighted by Crippen LogP contribution is -2.38. The normalized spacial score (nSPS) is 24.3. The van der Waals surface area contributed by atoms with Crippen LogP contribution in [0, 0.1) is 0 Å². The summed E-state index contributed by atoms with van der Waals surface area (Å²) in [5.41, 5.74) is -0.640. The quantitative estimate of drug-likeness (QED) is 0.650. The van der Waals surface area contributed by atoms with Crippen molar-refractivity contribution in [1.82, 2.24) is 0 Å². The summed E-state index contributed by atoms with van der Waals surface area (Å²) in [6.45, 7) is 0. The average molecular weight is 475 g/mol. The largest absolute Gasteiger partial charge is 0.416 e. The van der Waals surface area contributed by atoms with Crippen molar-refractivity contribution < 1.29 is 26.4 Å². The van der Waals surface area contributed by atoms with Gasteiger partial charge < -0.3 is 4.90 Å². The number of fused-ring (bicyclic) bond motifs is 1. The number of hydrogen-bond donors (Lipinski definition) is 0. The van der Waals surface area contributed by atoms with Crippen LogP contribution in [0.4, 0.5) is 18.9 Å². The number of nitrogens with zero attached hydrogens (tertiary/aromatic N) is 2. The summed E-state index contributed by atoms with van der Waals surface area (Å²) in [6, 6.07) is 10.4. The van der Waals surface area contributed by atoms with Crippen LogP contribution in [0.1, 0.15) is 15.9 Å². The zero-order chi connectivity index (χ0) is 21.7. The summed E-state index contributed by atoms with van der Waals surface area (Å²) in [5, 5.41) is -0.314. The van der Waals surface area contributed by atoms with Gasteiger partial charge >= 0.3 is 6.18 Å². The van der Waals surface area contributed by atoms with E-state index in [9.17, 15) is 26.4 Å². The van der Waals surface area contributed by atoms with E-state index in [0.717, 1.165) is 30.0 Å². The summed E-state index contributed by atoms with van der Waals surface area (Å²) in [7, 11) is -3.37. The molecule has 2 atom stereocenters. The molecule has 2 aliphatic heterocycles. The summed E-state index contributed by atoms with van der Waals surface area (Å²) in [6.07, 6.45) is -4.61. The van der Waals surface area contributed by atoms with Crippen molar-refractivity contribution in [1.29, 1.82) is 0 Å². The van der Waals surface area contributed by atoms with Crippen LogP contribution in [-0.2, 0) is 16.0 Å². The number of alkyl halides is 3. The zero-order valence-electron chi connectivity index (χ0n) is 15.1. The fourth-order valence-corrected chi connectivity index (χ4v) is 7.57. The Morgan fingerprint density at radius 2 is 1.83 bits per heavy atom. The number of carbonyl (C=O) groups excluding carboxylic acids is 1. The lowest BCUT2D eigenvalue weighted by molar-refractivity contribution is -0.137. The number of anilines is 1. The second-order valence-electron chi connectivity index (χ2n) is 6.90. The van der Waals surface area contributed by atoms with Gasteiger partial charge in [0.05, 0.1) is 33.8 Å². The van der Waals surface area contributed by atoms with Crippen LogP contribution in [0.25, 0.3) is 0 Å². The van der Waals surface area contributed by atoms with Gasteiger partial charge in [-0.25, -0.2) is 8.42 Å². The van der Waals surface area contributed by atoms with Gasteiger partial charge in [-0.1, -0.05) is 41.6 Å². The Kier molecular flexibility index (Phi) is 5.36. The fraction of sp³-hybridized carbons (Fsp3) is 0.263. The van der Waals surface area contributed by atoms with Gasteiger partial charge in [0.2, 0.25) is 0 Å². The third kappa shape index (κ3) is 4.08. The highest BCUT2D eigenvalue weighted by Crippen LogP contribution is 2.44. The fourth-order valence-electron chi connectivity index (χ4n) is 3.45. The first-order chi connectivity index (χ1) is 14.0. The molecule has 2 heterocycles. The number of carbonyl (C=O) groups is 1. The number of thioether (sulfide) groups is 1. The Morgan fingerprint density at radius 3 is 2.50 bits per heavy atom. The van der Waals surface area contributed by atoms with E-state index >= 15 is 0 Å².